The highest BCUT2D eigenvalue weighted by molar-refractivity contribution is 7.89. The van der Waals surface area contributed by atoms with Crippen molar-refractivity contribution in [2.45, 2.75) is 5.03 Å². The normalized spacial score (nSPS) is 11.5. The lowest BCUT2D eigenvalue weighted by atomic mass is 10.2. The van der Waals surface area contributed by atoms with Gasteiger partial charge in [-0.25, -0.2) is 13.6 Å². The van der Waals surface area contributed by atoms with Crippen molar-refractivity contribution >= 4 is 21.6 Å². The van der Waals surface area contributed by atoms with E-state index in [1.54, 1.807) is 12.1 Å². The molecule has 2 N–H and O–H groups in total. The third-order valence-electron chi connectivity index (χ3n) is 1.76. The molecule has 5 nitrogen and oxygen atoms in total. The minimum Gasteiger partial charge on any atom is -0.223 e. The predicted molar refractivity (Wildman–Crippen MR) is 56.7 cm³/mol. The van der Waals surface area contributed by atoms with Crippen molar-refractivity contribution in [1.82, 2.24) is 9.59 Å². The molecule has 1 aromatic heterocycles. The second kappa shape index (κ2) is 3.69. The summed E-state index contributed by atoms with van der Waals surface area (Å²) in [5.41, 5.74) is 0.747. The number of nitrogens with two attached hydrogens (primary N) is 1. The van der Waals surface area contributed by atoms with Crippen LogP contribution >= 0.6 is 11.5 Å². The van der Waals surface area contributed by atoms with Gasteiger partial charge in [0, 0.05) is 0 Å². The van der Waals surface area contributed by atoms with Gasteiger partial charge in [-0.05, 0) is 17.1 Å². The number of aromatic nitrogens is 2. The van der Waals surface area contributed by atoms with Crippen LogP contribution in [0.1, 0.15) is 0 Å². The molecule has 2 rings (SSSR count). The summed E-state index contributed by atoms with van der Waals surface area (Å²) in [6.45, 7) is 0. The van der Waals surface area contributed by atoms with Crippen LogP contribution in [0, 0.1) is 0 Å². The van der Waals surface area contributed by atoms with Crippen LogP contribution in [0.25, 0.3) is 10.4 Å². The van der Waals surface area contributed by atoms with Crippen LogP contribution in [0.5, 0.6) is 0 Å². The Kier molecular flexibility index (Phi) is 2.51. The summed E-state index contributed by atoms with van der Waals surface area (Å²) in [4.78, 5) is 0.470. The summed E-state index contributed by atoms with van der Waals surface area (Å²) in [6, 6.07) is 9.02. The van der Waals surface area contributed by atoms with Gasteiger partial charge in [0.25, 0.3) is 10.0 Å². The maximum absolute atomic E-state index is 11.2. The van der Waals surface area contributed by atoms with Crippen molar-refractivity contribution in [2.75, 3.05) is 0 Å². The molecule has 0 unspecified atom stereocenters. The number of hydrogen-bond acceptors (Lipinski definition) is 5. The monoisotopic (exact) mass is 241 g/mol. The van der Waals surface area contributed by atoms with Crippen molar-refractivity contribution in [3.8, 4) is 10.4 Å². The lowest BCUT2D eigenvalue weighted by molar-refractivity contribution is 0.594. The van der Waals surface area contributed by atoms with Crippen LogP contribution < -0.4 is 5.14 Å². The molecule has 0 fully saturated rings. The van der Waals surface area contributed by atoms with E-state index in [-0.39, 0.29) is 5.03 Å². The lowest BCUT2D eigenvalue weighted by Gasteiger charge is -1.97. The first kappa shape index (κ1) is 10.2. The first-order valence-corrected chi connectivity index (χ1v) is 6.31. The van der Waals surface area contributed by atoms with E-state index in [2.05, 4.69) is 9.59 Å². The Morgan fingerprint density at radius 1 is 1.20 bits per heavy atom. The molecule has 0 aliphatic carbocycles. The van der Waals surface area contributed by atoms with E-state index in [4.69, 9.17) is 5.14 Å². The Balaban J connectivity index is 2.61. The van der Waals surface area contributed by atoms with E-state index in [0.717, 1.165) is 17.1 Å². The maximum Gasteiger partial charge on any atom is 0.258 e. The quantitative estimate of drug-likeness (QED) is 0.844. The smallest absolute Gasteiger partial charge is 0.223 e. The second-order valence-corrected chi connectivity index (χ2v) is 5.05. The first-order valence-electron chi connectivity index (χ1n) is 3.99. The summed E-state index contributed by atoms with van der Waals surface area (Å²) >= 11 is 1.01. The highest BCUT2D eigenvalue weighted by Gasteiger charge is 2.19. The van der Waals surface area contributed by atoms with Crippen molar-refractivity contribution in [2.24, 2.45) is 5.14 Å². The average Bonchev–Trinajstić information content (AvgIpc) is 2.67. The van der Waals surface area contributed by atoms with Gasteiger partial charge in [-0.3, -0.25) is 0 Å². The van der Waals surface area contributed by atoms with Gasteiger partial charge in [0.05, 0.1) is 4.88 Å². The number of primary sulfonamides is 1. The average molecular weight is 241 g/mol. The fraction of sp³-hybridized carbons (Fsp3) is 0. The first-order chi connectivity index (χ1) is 7.09. The van der Waals surface area contributed by atoms with Gasteiger partial charge in [-0.1, -0.05) is 34.8 Å². The van der Waals surface area contributed by atoms with Crippen LogP contribution in [0.15, 0.2) is 35.4 Å². The summed E-state index contributed by atoms with van der Waals surface area (Å²) < 4.78 is 25.9. The van der Waals surface area contributed by atoms with E-state index in [1.165, 1.54) is 0 Å². The molecule has 78 valence electrons. The highest BCUT2D eigenvalue weighted by atomic mass is 32.2. The third-order valence-corrected chi connectivity index (χ3v) is 3.49. The fourth-order valence-electron chi connectivity index (χ4n) is 1.13. The standard InChI is InChI=1S/C8H7N3O2S2/c9-15(12,13)8-7(14-11-10-8)6-4-2-1-3-5-6/h1-5H,(H2,9,12,13). The molecular formula is C8H7N3O2S2. The van der Waals surface area contributed by atoms with Gasteiger partial charge in [0.15, 0.2) is 0 Å². The minimum absolute atomic E-state index is 0.168. The molecule has 1 aromatic carbocycles. The molecule has 0 bridgehead atoms. The van der Waals surface area contributed by atoms with Crippen LogP contribution in [0.2, 0.25) is 0 Å². The van der Waals surface area contributed by atoms with Gasteiger partial charge in [-0.15, -0.1) is 5.10 Å². The van der Waals surface area contributed by atoms with Crippen LogP contribution in [-0.4, -0.2) is 18.0 Å². The SMILES string of the molecule is NS(=O)(=O)c1nnsc1-c1ccccc1. The van der Waals surface area contributed by atoms with E-state index in [9.17, 15) is 8.42 Å². The number of hydrogen-bond donors (Lipinski definition) is 1. The molecule has 2 aromatic rings. The number of rotatable bonds is 2. The second-order valence-electron chi connectivity index (χ2n) is 2.82. The van der Waals surface area contributed by atoms with Crippen molar-refractivity contribution < 1.29 is 8.42 Å². The Bertz CT molecular complexity index is 563. The number of sulfonamides is 1. The van der Waals surface area contributed by atoms with Gasteiger partial charge in [0.1, 0.15) is 0 Å². The van der Waals surface area contributed by atoms with E-state index < -0.39 is 10.0 Å². The summed E-state index contributed by atoms with van der Waals surface area (Å²) in [5.74, 6) is 0. The topological polar surface area (TPSA) is 85.9 Å². The van der Waals surface area contributed by atoms with Crippen LogP contribution in [0.4, 0.5) is 0 Å². The zero-order chi connectivity index (χ0) is 10.9. The highest BCUT2D eigenvalue weighted by Crippen LogP contribution is 2.27. The molecule has 0 amide bonds. The molecule has 7 heteroatoms. The van der Waals surface area contributed by atoms with Crippen molar-refractivity contribution in [3.05, 3.63) is 30.3 Å². The zero-order valence-corrected chi connectivity index (χ0v) is 9.12. The molecule has 1 heterocycles. The Labute approximate surface area is 90.8 Å². The van der Waals surface area contributed by atoms with Gasteiger partial charge in [-0.2, -0.15) is 0 Å². The number of nitrogens with zero attached hydrogens (tertiary/aromatic N) is 2. The molecule has 0 aliphatic heterocycles. The van der Waals surface area contributed by atoms with Gasteiger partial charge in [0.2, 0.25) is 5.03 Å². The molecule has 0 spiro atoms. The Morgan fingerprint density at radius 2 is 1.87 bits per heavy atom. The van der Waals surface area contributed by atoms with E-state index in [1.807, 2.05) is 18.2 Å². The summed E-state index contributed by atoms with van der Waals surface area (Å²) in [6.07, 6.45) is 0. The fourth-order valence-corrected chi connectivity index (χ4v) is 2.74. The van der Waals surface area contributed by atoms with Crippen molar-refractivity contribution in [1.29, 1.82) is 0 Å². The van der Waals surface area contributed by atoms with Crippen LogP contribution in [-0.2, 0) is 10.0 Å². The van der Waals surface area contributed by atoms with E-state index >= 15 is 0 Å². The van der Waals surface area contributed by atoms with Gasteiger partial charge >= 0.3 is 0 Å². The molecule has 0 aliphatic rings. The lowest BCUT2D eigenvalue weighted by Crippen LogP contribution is -2.13. The Morgan fingerprint density at radius 3 is 2.47 bits per heavy atom. The zero-order valence-electron chi connectivity index (χ0n) is 7.49. The maximum atomic E-state index is 11.2. The third kappa shape index (κ3) is 2.04. The van der Waals surface area contributed by atoms with Crippen LogP contribution in [0.3, 0.4) is 0 Å². The minimum atomic E-state index is -3.80. The molecule has 0 radical (unpaired) electrons. The molecule has 0 saturated carbocycles. The molecule has 15 heavy (non-hydrogen) atoms. The summed E-state index contributed by atoms with van der Waals surface area (Å²) in [7, 11) is -3.80. The molecular weight excluding hydrogens is 234 g/mol. The number of benzene rings is 1. The van der Waals surface area contributed by atoms with Crippen molar-refractivity contribution in [3.63, 3.8) is 0 Å². The van der Waals surface area contributed by atoms with Gasteiger partial charge < -0.3 is 0 Å². The largest absolute Gasteiger partial charge is 0.258 e. The Hall–Kier alpha value is -1.31. The molecule has 0 atom stereocenters. The molecule has 0 saturated heterocycles. The summed E-state index contributed by atoms with van der Waals surface area (Å²) in [5, 5.41) is 8.37. The van der Waals surface area contributed by atoms with E-state index in [0.29, 0.717) is 4.88 Å². The predicted octanol–water partition coefficient (Wildman–Crippen LogP) is 0.853.